The highest BCUT2D eigenvalue weighted by Crippen LogP contribution is 2.45. The molecule has 16 heavy (non-hydrogen) atoms. The number of rotatable bonds is 2. The van der Waals surface area contributed by atoms with Crippen molar-refractivity contribution < 1.29 is 4.79 Å². The molecule has 0 spiro atoms. The Morgan fingerprint density at radius 2 is 1.56 bits per heavy atom. The van der Waals surface area contributed by atoms with Crippen LogP contribution >= 0.6 is 0 Å². The minimum Gasteiger partial charge on any atom is -0.353 e. The summed E-state index contributed by atoms with van der Waals surface area (Å²) >= 11 is 0. The first-order valence-electron chi connectivity index (χ1n) is 6.42. The summed E-state index contributed by atoms with van der Waals surface area (Å²) in [4.78, 5) is 11.7. The van der Waals surface area contributed by atoms with Crippen LogP contribution in [0.15, 0.2) is 0 Å². The van der Waals surface area contributed by atoms with Crippen LogP contribution in [0.1, 0.15) is 60.8 Å². The van der Waals surface area contributed by atoms with E-state index in [2.05, 4.69) is 33.0 Å². The zero-order chi connectivity index (χ0) is 12.6. The second kappa shape index (κ2) is 4.38. The molecular formula is C14H27NO. The van der Waals surface area contributed by atoms with Crippen molar-refractivity contribution >= 4 is 5.91 Å². The highest BCUT2D eigenvalue weighted by atomic mass is 16.1. The van der Waals surface area contributed by atoms with Crippen molar-refractivity contribution in [3.63, 3.8) is 0 Å². The van der Waals surface area contributed by atoms with E-state index in [0.717, 1.165) is 12.8 Å². The SMILES string of the molecule is CC(C)C(=O)NC1CC(C)(C)CC(C)(C)C1. The van der Waals surface area contributed by atoms with Gasteiger partial charge in [-0.1, -0.05) is 41.5 Å². The van der Waals surface area contributed by atoms with E-state index in [1.807, 2.05) is 13.8 Å². The minimum atomic E-state index is 0.0909. The third-order valence-electron chi connectivity index (χ3n) is 3.43. The van der Waals surface area contributed by atoms with Gasteiger partial charge in [0.25, 0.3) is 0 Å². The number of hydrogen-bond acceptors (Lipinski definition) is 1. The molecule has 2 heteroatoms. The Hall–Kier alpha value is -0.530. The molecule has 0 atom stereocenters. The monoisotopic (exact) mass is 225 g/mol. The lowest BCUT2D eigenvalue weighted by Crippen LogP contribution is -2.47. The first-order valence-corrected chi connectivity index (χ1v) is 6.42. The first kappa shape index (κ1) is 13.5. The third-order valence-corrected chi connectivity index (χ3v) is 3.43. The Labute approximate surface area is 100 Å². The van der Waals surface area contributed by atoms with Crippen molar-refractivity contribution in [2.75, 3.05) is 0 Å². The molecule has 1 amide bonds. The van der Waals surface area contributed by atoms with Crippen LogP contribution in [-0.2, 0) is 4.79 Å². The number of carbonyl (C=O) groups is 1. The topological polar surface area (TPSA) is 29.1 Å². The molecule has 0 saturated heterocycles. The fourth-order valence-corrected chi connectivity index (χ4v) is 3.32. The van der Waals surface area contributed by atoms with Crippen LogP contribution in [0.2, 0.25) is 0 Å². The van der Waals surface area contributed by atoms with Gasteiger partial charge in [-0.3, -0.25) is 4.79 Å². The fraction of sp³-hybridized carbons (Fsp3) is 0.929. The zero-order valence-electron chi connectivity index (χ0n) is 11.7. The van der Waals surface area contributed by atoms with Crippen molar-refractivity contribution in [3.8, 4) is 0 Å². The van der Waals surface area contributed by atoms with Crippen LogP contribution in [0.25, 0.3) is 0 Å². The molecule has 0 bridgehead atoms. The maximum Gasteiger partial charge on any atom is 0.222 e. The quantitative estimate of drug-likeness (QED) is 0.767. The molecule has 0 aromatic rings. The van der Waals surface area contributed by atoms with E-state index in [-0.39, 0.29) is 11.8 Å². The molecule has 0 aliphatic heterocycles. The molecule has 1 rings (SSSR count). The van der Waals surface area contributed by atoms with Gasteiger partial charge in [-0.25, -0.2) is 0 Å². The van der Waals surface area contributed by atoms with Gasteiger partial charge >= 0.3 is 0 Å². The van der Waals surface area contributed by atoms with E-state index in [1.54, 1.807) is 0 Å². The van der Waals surface area contributed by atoms with Crippen molar-refractivity contribution in [1.82, 2.24) is 5.32 Å². The zero-order valence-corrected chi connectivity index (χ0v) is 11.7. The first-order chi connectivity index (χ1) is 7.11. The highest BCUT2D eigenvalue weighted by molar-refractivity contribution is 5.78. The smallest absolute Gasteiger partial charge is 0.222 e. The summed E-state index contributed by atoms with van der Waals surface area (Å²) in [6.45, 7) is 13.1. The number of amides is 1. The molecular weight excluding hydrogens is 198 g/mol. The lowest BCUT2D eigenvalue weighted by atomic mass is 9.63. The summed E-state index contributed by atoms with van der Waals surface area (Å²) in [6, 6.07) is 0.355. The third kappa shape index (κ3) is 3.80. The average molecular weight is 225 g/mol. The molecule has 0 radical (unpaired) electrons. The van der Waals surface area contributed by atoms with Gasteiger partial charge in [-0.05, 0) is 30.1 Å². The molecule has 0 aromatic heterocycles. The van der Waals surface area contributed by atoms with Gasteiger partial charge in [-0.2, -0.15) is 0 Å². The van der Waals surface area contributed by atoms with Crippen LogP contribution < -0.4 is 5.32 Å². The van der Waals surface area contributed by atoms with Gasteiger partial charge in [-0.15, -0.1) is 0 Å². The van der Waals surface area contributed by atoms with E-state index in [9.17, 15) is 4.79 Å². The summed E-state index contributed by atoms with van der Waals surface area (Å²) in [5.41, 5.74) is 0.688. The summed E-state index contributed by atoms with van der Waals surface area (Å²) < 4.78 is 0. The predicted octanol–water partition coefficient (Wildman–Crippen LogP) is 3.36. The molecule has 1 fully saturated rings. The van der Waals surface area contributed by atoms with Crippen LogP contribution in [0, 0.1) is 16.7 Å². The van der Waals surface area contributed by atoms with E-state index >= 15 is 0 Å². The van der Waals surface area contributed by atoms with Crippen LogP contribution in [0.4, 0.5) is 0 Å². The van der Waals surface area contributed by atoms with Gasteiger partial charge in [0, 0.05) is 12.0 Å². The highest BCUT2D eigenvalue weighted by Gasteiger charge is 2.38. The number of carbonyl (C=O) groups excluding carboxylic acids is 1. The molecule has 1 N–H and O–H groups in total. The standard InChI is InChI=1S/C14H27NO/c1-10(2)12(16)15-11-7-13(3,4)9-14(5,6)8-11/h10-11H,7-9H2,1-6H3,(H,15,16). The average Bonchev–Trinajstić information content (AvgIpc) is 1.96. The summed E-state index contributed by atoms with van der Waals surface area (Å²) in [5, 5.41) is 3.19. The normalized spacial score (nSPS) is 24.4. The number of nitrogens with one attached hydrogen (secondary N) is 1. The van der Waals surface area contributed by atoms with E-state index in [1.165, 1.54) is 6.42 Å². The van der Waals surface area contributed by atoms with Gasteiger partial charge in [0.1, 0.15) is 0 Å². The second-order valence-corrected chi connectivity index (χ2v) is 7.27. The van der Waals surface area contributed by atoms with Crippen molar-refractivity contribution in [2.24, 2.45) is 16.7 Å². The Bertz CT molecular complexity index is 250. The fourth-order valence-electron chi connectivity index (χ4n) is 3.32. The molecule has 0 aromatic carbocycles. The summed E-state index contributed by atoms with van der Waals surface area (Å²) in [7, 11) is 0. The van der Waals surface area contributed by atoms with Crippen LogP contribution in [0.3, 0.4) is 0 Å². The second-order valence-electron chi connectivity index (χ2n) is 7.27. The Balaban J connectivity index is 2.64. The van der Waals surface area contributed by atoms with Crippen molar-refractivity contribution in [1.29, 1.82) is 0 Å². The van der Waals surface area contributed by atoms with E-state index < -0.39 is 0 Å². The largest absolute Gasteiger partial charge is 0.353 e. The Morgan fingerprint density at radius 3 is 1.94 bits per heavy atom. The Kier molecular flexibility index (Phi) is 3.71. The maximum absolute atomic E-state index is 11.7. The lowest BCUT2D eigenvalue weighted by Gasteiger charge is -2.45. The minimum absolute atomic E-state index is 0.0909. The lowest BCUT2D eigenvalue weighted by molar-refractivity contribution is -0.125. The van der Waals surface area contributed by atoms with E-state index in [0.29, 0.717) is 16.9 Å². The van der Waals surface area contributed by atoms with Crippen LogP contribution in [-0.4, -0.2) is 11.9 Å². The predicted molar refractivity (Wildman–Crippen MR) is 68.2 cm³/mol. The van der Waals surface area contributed by atoms with E-state index in [4.69, 9.17) is 0 Å². The van der Waals surface area contributed by atoms with Gasteiger partial charge in [0.05, 0.1) is 0 Å². The maximum atomic E-state index is 11.7. The molecule has 1 aliphatic carbocycles. The van der Waals surface area contributed by atoms with Gasteiger partial charge in [0.15, 0.2) is 0 Å². The summed E-state index contributed by atoms with van der Waals surface area (Å²) in [6.07, 6.45) is 3.46. The molecule has 94 valence electrons. The molecule has 1 aliphatic rings. The van der Waals surface area contributed by atoms with Gasteiger partial charge in [0.2, 0.25) is 5.91 Å². The molecule has 0 heterocycles. The van der Waals surface area contributed by atoms with Gasteiger partial charge < -0.3 is 5.32 Å². The molecule has 2 nitrogen and oxygen atoms in total. The Morgan fingerprint density at radius 1 is 1.12 bits per heavy atom. The molecule has 0 unspecified atom stereocenters. The van der Waals surface area contributed by atoms with Crippen molar-refractivity contribution in [2.45, 2.75) is 66.8 Å². The van der Waals surface area contributed by atoms with Crippen molar-refractivity contribution in [3.05, 3.63) is 0 Å². The number of hydrogen-bond donors (Lipinski definition) is 1. The molecule has 1 saturated carbocycles. The van der Waals surface area contributed by atoms with Crippen LogP contribution in [0.5, 0.6) is 0 Å². The summed E-state index contributed by atoms with van der Waals surface area (Å²) in [5.74, 6) is 0.284.